The number of carbonyl (C=O) groups is 1. The van der Waals surface area contributed by atoms with Crippen LogP contribution in [-0.4, -0.2) is 17.2 Å². The van der Waals surface area contributed by atoms with E-state index in [1.807, 2.05) is 13.8 Å². The van der Waals surface area contributed by atoms with Crippen molar-refractivity contribution in [3.63, 3.8) is 0 Å². The molecule has 0 fully saturated rings. The first kappa shape index (κ1) is 12.5. The molecule has 1 aromatic carbocycles. The van der Waals surface area contributed by atoms with Gasteiger partial charge in [0.15, 0.2) is 0 Å². The normalized spacial score (nSPS) is 10.5. The number of aromatic carboxylic acids is 1. The molecule has 0 unspecified atom stereocenters. The van der Waals surface area contributed by atoms with Crippen LogP contribution in [0.2, 0.25) is 0 Å². The number of hydrogen-bond acceptors (Lipinski definition) is 2. The van der Waals surface area contributed by atoms with Gasteiger partial charge in [0, 0.05) is 0 Å². The second kappa shape index (κ2) is 4.99. The maximum atomic E-state index is 10.8. The zero-order valence-electron chi connectivity index (χ0n) is 8.25. The number of carboxylic acid groups (broad SMARTS) is 1. The fraction of sp³-hybridized carbons (Fsp3) is 0.300. The zero-order valence-corrected chi connectivity index (χ0v) is 11.4. The van der Waals surface area contributed by atoms with Crippen molar-refractivity contribution in [2.45, 2.75) is 20.0 Å². The smallest absolute Gasteiger partial charge is 0.335 e. The van der Waals surface area contributed by atoms with E-state index in [1.54, 1.807) is 0 Å². The first-order chi connectivity index (χ1) is 6.91. The summed E-state index contributed by atoms with van der Waals surface area (Å²) in [6.07, 6.45) is 0.0354. The number of rotatable bonds is 3. The van der Waals surface area contributed by atoms with Crippen molar-refractivity contribution in [2.75, 3.05) is 0 Å². The predicted octanol–water partition coefficient (Wildman–Crippen LogP) is 3.70. The molecule has 1 N–H and O–H groups in total. The second-order valence-electron chi connectivity index (χ2n) is 3.24. The summed E-state index contributed by atoms with van der Waals surface area (Å²) in [5, 5.41) is 8.82. The molecule has 0 bridgehead atoms. The van der Waals surface area contributed by atoms with Crippen molar-refractivity contribution in [1.82, 2.24) is 0 Å². The number of carboxylic acids is 1. The summed E-state index contributed by atoms with van der Waals surface area (Å²) >= 11 is 6.55. The fourth-order valence-electron chi connectivity index (χ4n) is 1.03. The van der Waals surface area contributed by atoms with E-state index in [-0.39, 0.29) is 11.7 Å². The Morgan fingerprint density at radius 1 is 1.33 bits per heavy atom. The van der Waals surface area contributed by atoms with Crippen LogP contribution < -0.4 is 4.74 Å². The molecule has 0 saturated carbocycles. The van der Waals surface area contributed by atoms with E-state index in [0.29, 0.717) is 14.7 Å². The minimum Gasteiger partial charge on any atom is -0.489 e. The lowest BCUT2D eigenvalue weighted by molar-refractivity contribution is 0.0696. The summed E-state index contributed by atoms with van der Waals surface area (Å²) in [4.78, 5) is 10.8. The minimum absolute atomic E-state index is 0.0354. The molecule has 0 aromatic heterocycles. The summed E-state index contributed by atoms with van der Waals surface area (Å²) in [7, 11) is 0. The topological polar surface area (TPSA) is 46.5 Å². The van der Waals surface area contributed by atoms with Crippen molar-refractivity contribution >= 4 is 37.8 Å². The maximum absolute atomic E-state index is 10.8. The van der Waals surface area contributed by atoms with E-state index in [1.165, 1.54) is 12.1 Å². The van der Waals surface area contributed by atoms with Gasteiger partial charge in [-0.3, -0.25) is 0 Å². The Hall–Kier alpha value is -0.550. The average Bonchev–Trinajstić information content (AvgIpc) is 2.10. The SMILES string of the molecule is CC(C)Oc1c(Br)cc(C(=O)O)cc1Br. The molecular weight excluding hydrogens is 328 g/mol. The lowest BCUT2D eigenvalue weighted by Crippen LogP contribution is -2.07. The molecule has 0 heterocycles. The van der Waals surface area contributed by atoms with Crippen LogP contribution in [0.1, 0.15) is 24.2 Å². The molecule has 15 heavy (non-hydrogen) atoms. The number of ether oxygens (including phenoxy) is 1. The molecule has 0 aliphatic heterocycles. The first-order valence-electron chi connectivity index (χ1n) is 4.30. The molecule has 0 atom stereocenters. The molecule has 82 valence electrons. The summed E-state index contributed by atoms with van der Waals surface area (Å²) in [5.41, 5.74) is 0.213. The van der Waals surface area contributed by atoms with Crippen molar-refractivity contribution in [1.29, 1.82) is 0 Å². The van der Waals surface area contributed by atoms with Crippen LogP contribution >= 0.6 is 31.9 Å². The molecule has 1 rings (SSSR count). The standard InChI is InChI=1S/C10H10Br2O3/c1-5(2)15-9-7(11)3-6(10(13)14)4-8(9)12/h3-5H,1-2H3,(H,13,14). The quantitative estimate of drug-likeness (QED) is 0.914. The van der Waals surface area contributed by atoms with Gasteiger partial charge in [-0.05, 0) is 57.8 Å². The highest BCUT2D eigenvalue weighted by atomic mass is 79.9. The molecule has 3 nitrogen and oxygen atoms in total. The predicted molar refractivity (Wildman–Crippen MR) is 64.6 cm³/mol. The van der Waals surface area contributed by atoms with E-state index in [9.17, 15) is 4.79 Å². The van der Waals surface area contributed by atoms with Gasteiger partial charge < -0.3 is 9.84 Å². The molecule has 0 aliphatic rings. The van der Waals surface area contributed by atoms with Crippen molar-refractivity contribution in [3.8, 4) is 5.75 Å². The van der Waals surface area contributed by atoms with E-state index in [2.05, 4.69) is 31.9 Å². The highest BCUT2D eigenvalue weighted by molar-refractivity contribution is 9.11. The van der Waals surface area contributed by atoms with Crippen LogP contribution in [0.4, 0.5) is 0 Å². The van der Waals surface area contributed by atoms with E-state index < -0.39 is 5.97 Å². The lowest BCUT2D eigenvalue weighted by atomic mass is 10.2. The van der Waals surface area contributed by atoms with Crippen molar-refractivity contribution in [3.05, 3.63) is 26.6 Å². The molecular formula is C10H10Br2O3. The van der Waals surface area contributed by atoms with Gasteiger partial charge in [-0.2, -0.15) is 0 Å². The van der Waals surface area contributed by atoms with Gasteiger partial charge in [0.1, 0.15) is 5.75 Å². The number of hydrogen-bond donors (Lipinski definition) is 1. The van der Waals surface area contributed by atoms with Gasteiger partial charge >= 0.3 is 5.97 Å². The van der Waals surface area contributed by atoms with Crippen LogP contribution in [0.15, 0.2) is 21.1 Å². The molecule has 0 aliphatic carbocycles. The largest absolute Gasteiger partial charge is 0.489 e. The summed E-state index contributed by atoms with van der Waals surface area (Å²) in [6, 6.07) is 3.04. The fourth-order valence-corrected chi connectivity index (χ4v) is 2.41. The molecule has 1 aromatic rings. The zero-order chi connectivity index (χ0) is 11.6. The Bertz CT molecular complexity index is 365. The molecule has 5 heteroatoms. The van der Waals surface area contributed by atoms with Crippen LogP contribution in [-0.2, 0) is 0 Å². The van der Waals surface area contributed by atoms with Gasteiger partial charge in [-0.1, -0.05) is 0 Å². The Labute approximate surface area is 105 Å². The summed E-state index contributed by atoms with van der Waals surface area (Å²) in [5.74, 6) is -0.345. The van der Waals surface area contributed by atoms with Crippen LogP contribution in [0.5, 0.6) is 5.75 Å². The maximum Gasteiger partial charge on any atom is 0.335 e. The third-order valence-corrected chi connectivity index (χ3v) is 2.78. The van der Waals surface area contributed by atoms with Gasteiger partial charge in [0.25, 0.3) is 0 Å². The van der Waals surface area contributed by atoms with Crippen molar-refractivity contribution < 1.29 is 14.6 Å². The minimum atomic E-state index is -0.965. The third-order valence-electron chi connectivity index (χ3n) is 1.60. The second-order valence-corrected chi connectivity index (χ2v) is 4.95. The highest BCUT2D eigenvalue weighted by Crippen LogP contribution is 2.35. The third kappa shape index (κ3) is 3.21. The first-order valence-corrected chi connectivity index (χ1v) is 5.89. The molecule has 0 radical (unpaired) electrons. The summed E-state index contributed by atoms with van der Waals surface area (Å²) < 4.78 is 6.78. The van der Waals surface area contributed by atoms with E-state index in [0.717, 1.165) is 0 Å². The van der Waals surface area contributed by atoms with Gasteiger partial charge in [0.05, 0.1) is 20.6 Å². The van der Waals surface area contributed by atoms with Gasteiger partial charge in [-0.25, -0.2) is 4.79 Å². The molecule has 0 amide bonds. The number of halogens is 2. The highest BCUT2D eigenvalue weighted by Gasteiger charge is 2.13. The molecule has 0 saturated heterocycles. The monoisotopic (exact) mass is 336 g/mol. The van der Waals surface area contributed by atoms with Crippen LogP contribution in [0, 0.1) is 0 Å². The lowest BCUT2D eigenvalue weighted by Gasteiger charge is -2.13. The Morgan fingerprint density at radius 3 is 2.13 bits per heavy atom. The van der Waals surface area contributed by atoms with Crippen LogP contribution in [0.25, 0.3) is 0 Å². The Morgan fingerprint density at radius 2 is 1.80 bits per heavy atom. The van der Waals surface area contributed by atoms with Crippen LogP contribution in [0.3, 0.4) is 0 Å². The summed E-state index contributed by atoms with van der Waals surface area (Å²) in [6.45, 7) is 3.81. The number of benzene rings is 1. The Kier molecular flexibility index (Phi) is 4.16. The van der Waals surface area contributed by atoms with E-state index in [4.69, 9.17) is 9.84 Å². The average molecular weight is 338 g/mol. The van der Waals surface area contributed by atoms with E-state index >= 15 is 0 Å². The van der Waals surface area contributed by atoms with Crippen molar-refractivity contribution in [2.24, 2.45) is 0 Å². The molecule has 0 spiro atoms. The Balaban J connectivity index is 3.15. The van der Waals surface area contributed by atoms with Gasteiger partial charge in [0.2, 0.25) is 0 Å². The van der Waals surface area contributed by atoms with Gasteiger partial charge in [-0.15, -0.1) is 0 Å².